The maximum absolute atomic E-state index is 14.0. The van der Waals surface area contributed by atoms with E-state index < -0.39 is 21.7 Å². The van der Waals surface area contributed by atoms with Crippen LogP contribution in [0.25, 0.3) is 0 Å². The van der Waals surface area contributed by atoms with Crippen molar-refractivity contribution in [1.82, 2.24) is 5.32 Å². The molecule has 0 spiro atoms. The van der Waals surface area contributed by atoms with Crippen molar-refractivity contribution in [2.75, 3.05) is 0 Å². The van der Waals surface area contributed by atoms with Crippen LogP contribution >= 0.6 is 0 Å². The summed E-state index contributed by atoms with van der Waals surface area (Å²) in [6.45, 7) is 3.47. The highest BCUT2D eigenvalue weighted by Crippen LogP contribution is 2.34. The zero-order valence-electron chi connectivity index (χ0n) is 12.0. The van der Waals surface area contributed by atoms with Crippen LogP contribution in [0.3, 0.4) is 0 Å². The maximum atomic E-state index is 14.0. The van der Waals surface area contributed by atoms with Crippen LogP contribution in [-0.4, -0.2) is 20.4 Å². The van der Waals surface area contributed by atoms with Gasteiger partial charge >= 0.3 is 0 Å². The molecule has 0 aromatic heterocycles. The van der Waals surface area contributed by atoms with E-state index in [2.05, 4.69) is 12.2 Å². The second-order valence-electron chi connectivity index (χ2n) is 5.51. The van der Waals surface area contributed by atoms with Crippen LogP contribution in [0.2, 0.25) is 0 Å². The van der Waals surface area contributed by atoms with E-state index in [4.69, 9.17) is 5.14 Å². The summed E-state index contributed by atoms with van der Waals surface area (Å²) >= 11 is 0. The first-order valence-corrected chi connectivity index (χ1v) is 8.42. The normalized spacial score (nSPS) is 21.1. The molecule has 3 N–H and O–H groups in total. The molecule has 1 fully saturated rings. The summed E-state index contributed by atoms with van der Waals surface area (Å²) in [7, 11) is -3.98. The van der Waals surface area contributed by atoms with Gasteiger partial charge in [0.25, 0.3) is 5.91 Å². The van der Waals surface area contributed by atoms with Crippen molar-refractivity contribution in [3.63, 3.8) is 0 Å². The van der Waals surface area contributed by atoms with Crippen LogP contribution in [0.5, 0.6) is 0 Å². The molecule has 1 saturated carbocycles. The molecule has 116 valence electrons. The van der Waals surface area contributed by atoms with Crippen molar-refractivity contribution in [3.8, 4) is 0 Å². The van der Waals surface area contributed by atoms with Gasteiger partial charge in [-0.05, 0) is 43.4 Å². The fourth-order valence-electron chi connectivity index (χ4n) is 2.43. The highest BCUT2D eigenvalue weighted by molar-refractivity contribution is 7.89. The Hall–Kier alpha value is -1.47. The largest absolute Gasteiger partial charge is 0.349 e. The van der Waals surface area contributed by atoms with Crippen molar-refractivity contribution in [1.29, 1.82) is 0 Å². The van der Waals surface area contributed by atoms with Gasteiger partial charge in [0.2, 0.25) is 10.0 Å². The van der Waals surface area contributed by atoms with E-state index in [1.165, 1.54) is 6.92 Å². The summed E-state index contributed by atoms with van der Waals surface area (Å²) in [5.74, 6) is -0.873. The van der Waals surface area contributed by atoms with Crippen LogP contribution < -0.4 is 10.5 Å². The number of aryl methyl sites for hydroxylation is 1. The van der Waals surface area contributed by atoms with E-state index in [0.717, 1.165) is 31.4 Å². The van der Waals surface area contributed by atoms with Gasteiger partial charge in [0.1, 0.15) is 5.82 Å². The van der Waals surface area contributed by atoms with E-state index in [1.54, 1.807) is 0 Å². The highest BCUT2D eigenvalue weighted by atomic mass is 32.2. The predicted octanol–water partition coefficient (Wildman–Crippen LogP) is 1.70. The van der Waals surface area contributed by atoms with E-state index in [0.29, 0.717) is 5.92 Å². The number of amides is 1. The summed E-state index contributed by atoms with van der Waals surface area (Å²) in [6, 6.07) is 2.16. The molecule has 21 heavy (non-hydrogen) atoms. The molecule has 0 radical (unpaired) electrons. The van der Waals surface area contributed by atoms with Crippen LogP contribution in [-0.2, 0) is 10.0 Å². The Bertz CT molecular complexity index is 673. The zero-order chi connectivity index (χ0) is 15.8. The lowest BCUT2D eigenvalue weighted by atomic mass is 10.1. The number of carbonyl (C=O) groups is 1. The summed E-state index contributed by atoms with van der Waals surface area (Å²) in [4.78, 5) is 11.9. The van der Waals surface area contributed by atoms with Gasteiger partial charge < -0.3 is 5.32 Å². The molecule has 2 rings (SSSR count). The highest BCUT2D eigenvalue weighted by Gasteiger charge is 2.37. The smallest absolute Gasteiger partial charge is 0.254 e. The molecule has 0 bridgehead atoms. The number of rotatable bonds is 5. The number of halogens is 1. The third kappa shape index (κ3) is 3.59. The fourth-order valence-corrected chi connectivity index (χ4v) is 3.05. The molecule has 1 amide bonds. The molecule has 0 saturated heterocycles. The van der Waals surface area contributed by atoms with Crippen molar-refractivity contribution < 1.29 is 17.6 Å². The number of benzene rings is 1. The van der Waals surface area contributed by atoms with E-state index in [9.17, 15) is 17.6 Å². The first-order valence-electron chi connectivity index (χ1n) is 6.87. The number of nitrogens with one attached hydrogen (secondary N) is 1. The van der Waals surface area contributed by atoms with Gasteiger partial charge in [-0.2, -0.15) is 0 Å². The molecule has 1 aliphatic rings. The lowest BCUT2D eigenvalue weighted by Crippen LogP contribution is -2.28. The minimum atomic E-state index is -3.98. The molecule has 0 heterocycles. The molecule has 1 aromatic rings. The average molecular weight is 314 g/mol. The Morgan fingerprint density at radius 1 is 1.48 bits per heavy atom. The number of hydrogen-bond donors (Lipinski definition) is 2. The molecule has 1 aromatic carbocycles. The molecule has 2 atom stereocenters. The van der Waals surface area contributed by atoms with Gasteiger partial charge in [-0.25, -0.2) is 17.9 Å². The average Bonchev–Trinajstić information content (AvgIpc) is 3.09. The van der Waals surface area contributed by atoms with Gasteiger partial charge in [0.15, 0.2) is 0 Å². The molecule has 0 aliphatic heterocycles. The number of hydrogen-bond acceptors (Lipinski definition) is 3. The summed E-state index contributed by atoms with van der Waals surface area (Å²) < 4.78 is 36.8. The summed E-state index contributed by atoms with van der Waals surface area (Å²) in [5.41, 5.74) is -0.200. The van der Waals surface area contributed by atoms with E-state index in [1.807, 2.05) is 0 Å². The minimum Gasteiger partial charge on any atom is -0.349 e. The van der Waals surface area contributed by atoms with Gasteiger partial charge in [-0.3, -0.25) is 4.79 Å². The van der Waals surface area contributed by atoms with E-state index >= 15 is 0 Å². The Balaban J connectivity index is 2.23. The third-order valence-electron chi connectivity index (χ3n) is 3.70. The van der Waals surface area contributed by atoms with Crippen LogP contribution in [0.4, 0.5) is 4.39 Å². The van der Waals surface area contributed by atoms with E-state index in [-0.39, 0.29) is 22.1 Å². The Kier molecular flexibility index (Phi) is 4.34. The Labute approximate surface area is 123 Å². The third-order valence-corrected chi connectivity index (χ3v) is 4.59. The number of sulfonamides is 1. The molecular weight excluding hydrogens is 295 g/mol. The second-order valence-corrected chi connectivity index (χ2v) is 7.07. The molecule has 1 aliphatic carbocycles. The first kappa shape index (κ1) is 15.9. The van der Waals surface area contributed by atoms with Gasteiger partial charge in [0.05, 0.1) is 10.5 Å². The monoisotopic (exact) mass is 314 g/mol. The second kappa shape index (κ2) is 5.73. The van der Waals surface area contributed by atoms with Crippen LogP contribution in [0, 0.1) is 18.7 Å². The Morgan fingerprint density at radius 3 is 2.71 bits per heavy atom. The SMILES string of the molecule is CCCC1CC1NC(=O)c1cc(S(N)(=O)=O)cc(C)c1F. The molecule has 2 unspecified atom stereocenters. The predicted molar refractivity (Wildman–Crippen MR) is 76.8 cm³/mol. The molecular formula is C14H19FN2O3S. The lowest BCUT2D eigenvalue weighted by Gasteiger charge is -2.09. The molecule has 5 nitrogen and oxygen atoms in total. The van der Waals surface area contributed by atoms with Gasteiger partial charge in [-0.1, -0.05) is 13.3 Å². The number of nitrogens with two attached hydrogens (primary N) is 1. The number of primary sulfonamides is 1. The molecule has 7 heteroatoms. The van der Waals surface area contributed by atoms with Gasteiger partial charge in [-0.15, -0.1) is 0 Å². The fraction of sp³-hybridized carbons (Fsp3) is 0.500. The van der Waals surface area contributed by atoms with Crippen molar-refractivity contribution in [2.45, 2.75) is 44.0 Å². The zero-order valence-corrected chi connectivity index (χ0v) is 12.8. The summed E-state index contributed by atoms with van der Waals surface area (Å²) in [5, 5.41) is 7.78. The van der Waals surface area contributed by atoms with Crippen molar-refractivity contribution in [3.05, 3.63) is 29.1 Å². The minimum absolute atomic E-state index is 0.0512. The Morgan fingerprint density at radius 2 is 2.14 bits per heavy atom. The first-order chi connectivity index (χ1) is 9.74. The lowest BCUT2D eigenvalue weighted by molar-refractivity contribution is 0.0944. The summed E-state index contributed by atoms with van der Waals surface area (Å²) in [6.07, 6.45) is 2.93. The maximum Gasteiger partial charge on any atom is 0.254 e. The quantitative estimate of drug-likeness (QED) is 0.867. The topological polar surface area (TPSA) is 89.3 Å². The van der Waals surface area contributed by atoms with Crippen LogP contribution in [0.15, 0.2) is 17.0 Å². The standard InChI is InChI=1S/C14H19FN2O3S/c1-3-4-9-6-12(9)17-14(18)11-7-10(21(16,19)20)5-8(2)13(11)15/h5,7,9,12H,3-4,6H2,1-2H3,(H,17,18)(H2,16,19,20). The number of carbonyl (C=O) groups excluding carboxylic acids is 1. The van der Waals surface area contributed by atoms with Crippen molar-refractivity contribution in [2.24, 2.45) is 11.1 Å². The van der Waals surface area contributed by atoms with Crippen molar-refractivity contribution >= 4 is 15.9 Å². The van der Waals surface area contributed by atoms with Crippen LogP contribution in [0.1, 0.15) is 42.1 Å². The van der Waals surface area contributed by atoms with Gasteiger partial charge in [0, 0.05) is 6.04 Å².